The summed E-state index contributed by atoms with van der Waals surface area (Å²) in [5, 5.41) is 8.49. The van der Waals surface area contributed by atoms with E-state index in [9.17, 15) is 9.59 Å². The number of amides is 2. The molecule has 1 aromatic carbocycles. The molecule has 102 valence electrons. The number of benzene rings is 1. The fourth-order valence-electron chi connectivity index (χ4n) is 1.80. The molecule has 0 atom stereocenters. The Labute approximate surface area is 111 Å². The summed E-state index contributed by atoms with van der Waals surface area (Å²) in [6.45, 7) is 0.819. The van der Waals surface area contributed by atoms with Crippen molar-refractivity contribution in [1.29, 1.82) is 0 Å². The largest absolute Gasteiger partial charge is 0.482 e. The molecule has 0 unspecified atom stereocenters. The average Bonchev–Trinajstić information content (AvgIpc) is 2.39. The van der Waals surface area contributed by atoms with E-state index < -0.39 is 0 Å². The van der Waals surface area contributed by atoms with Crippen LogP contribution in [0.3, 0.4) is 0 Å². The highest BCUT2D eigenvalue weighted by atomic mass is 16.5. The van der Waals surface area contributed by atoms with Gasteiger partial charge in [-0.1, -0.05) is 0 Å². The van der Waals surface area contributed by atoms with Crippen LogP contribution >= 0.6 is 0 Å². The zero-order chi connectivity index (χ0) is 13.7. The molecule has 0 saturated carbocycles. The molecule has 6 nitrogen and oxygen atoms in total. The minimum atomic E-state index is -0.170. The number of rotatable bonds is 5. The third kappa shape index (κ3) is 3.69. The summed E-state index contributed by atoms with van der Waals surface area (Å²) in [4.78, 5) is 22.8. The number of carbonyl (C=O) groups excluding carboxylic acids is 2. The van der Waals surface area contributed by atoms with Gasteiger partial charge >= 0.3 is 0 Å². The number of hydrogen-bond acceptors (Lipinski definition) is 4. The molecule has 0 saturated heterocycles. The highest BCUT2D eigenvalue weighted by molar-refractivity contribution is 5.97. The maximum atomic E-state index is 11.7. The quantitative estimate of drug-likeness (QED) is 0.691. The number of hydrogen-bond donors (Lipinski definition) is 3. The Balaban J connectivity index is 1.95. The average molecular weight is 263 g/mol. The first-order valence-electron chi connectivity index (χ1n) is 6.20. The van der Waals surface area contributed by atoms with Gasteiger partial charge in [0.1, 0.15) is 5.75 Å². The lowest BCUT2D eigenvalue weighted by atomic mass is 10.2. The van der Waals surface area contributed by atoms with Gasteiger partial charge in [0.2, 0.25) is 5.91 Å². The minimum absolute atomic E-state index is 0.00652. The van der Waals surface area contributed by atoms with Crippen LogP contribution in [0.15, 0.2) is 18.2 Å². The molecule has 3 N–H and O–H groups in total. The molecule has 1 aromatic rings. The van der Waals surface area contributed by atoms with Crippen LogP contribution in [0, 0.1) is 0 Å². The molecule has 2 rings (SSSR count). The van der Waals surface area contributed by atoms with Crippen molar-refractivity contribution in [3.63, 3.8) is 0 Å². The molecule has 1 aliphatic rings. The van der Waals surface area contributed by atoms with Gasteiger partial charge in [-0.15, -0.1) is 0 Å². The number of anilines is 2. The maximum absolute atomic E-state index is 11.7. The standard InChI is InChI=1S/C13H17N3O3/c1-14-6-2-3-12(17)15-9-4-5-10-11(7-9)19-8-13(18)16-10/h4-5,7,14H,2-3,6,8H2,1H3,(H,15,17)(H,16,18). The Kier molecular flexibility index (Phi) is 4.35. The van der Waals surface area contributed by atoms with Crippen molar-refractivity contribution in [2.75, 3.05) is 30.8 Å². The predicted molar refractivity (Wildman–Crippen MR) is 72.4 cm³/mol. The van der Waals surface area contributed by atoms with Crippen LogP contribution < -0.4 is 20.7 Å². The summed E-state index contributed by atoms with van der Waals surface area (Å²) in [5.41, 5.74) is 1.30. The lowest BCUT2D eigenvalue weighted by Gasteiger charge is -2.18. The van der Waals surface area contributed by atoms with Gasteiger partial charge in [0.05, 0.1) is 5.69 Å². The van der Waals surface area contributed by atoms with E-state index >= 15 is 0 Å². The second kappa shape index (κ2) is 6.19. The molecule has 2 amide bonds. The van der Waals surface area contributed by atoms with Crippen LogP contribution in [0.2, 0.25) is 0 Å². The van der Waals surface area contributed by atoms with Crippen molar-refractivity contribution in [2.45, 2.75) is 12.8 Å². The molecule has 0 fully saturated rings. The van der Waals surface area contributed by atoms with Crippen LogP contribution in [-0.4, -0.2) is 32.0 Å². The van der Waals surface area contributed by atoms with E-state index in [4.69, 9.17) is 4.74 Å². The minimum Gasteiger partial charge on any atom is -0.482 e. The lowest BCUT2D eigenvalue weighted by molar-refractivity contribution is -0.118. The Morgan fingerprint density at radius 2 is 2.32 bits per heavy atom. The van der Waals surface area contributed by atoms with Gasteiger partial charge in [0, 0.05) is 18.2 Å². The first-order valence-corrected chi connectivity index (χ1v) is 6.20. The Morgan fingerprint density at radius 3 is 3.11 bits per heavy atom. The third-order valence-corrected chi connectivity index (χ3v) is 2.73. The van der Waals surface area contributed by atoms with E-state index in [1.807, 2.05) is 7.05 Å². The molecule has 0 aromatic heterocycles. The van der Waals surface area contributed by atoms with Crippen molar-refractivity contribution < 1.29 is 14.3 Å². The summed E-state index contributed by atoms with van der Waals surface area (Å²) in [6.07, 6.45) is 1.26. The van der Waals surface area contributed by atoms with E-state index in [0.717, 1.165) is 13.0 Å². The van der Waals surface area contributed by atoms with Gasteiger partial charge in [-0.05, 0) is 32.1 Å². The van der Waals surface area contributed by atoms with Crippen LogP contribution in [0.5, 0.6) is 5.75 Å². The van der Waals surface area contributed by atoms with Crippen molar-refractivity contribution in [2.24, 2.45) is 0 Å². The summed E-state index contributed by atoms with van der Waals surface area (Å²) < 4.78 is 5.28. The summed E-state index contributed by atoms with van der Waals surface area (Å²) in [5.74, 6) is 0.374. The SMILES string of the molecule is CNCCCC(=O)Nc1ccc2c(c1)OCC(=O)N2. The summed E-state index contributed by atoms with van der Waals surface area (Å²) in [6, 6.07) is 5.17. The van der Waals surface area contributed by atoms with Gasteiger partial charge in [-0.3, -0.25) is 9.59 Å². The van der Waals surface area contributed by atoms with Crippen LogP contribution in [0.4, 0.5) is 11.4 Å². The van der Waals surface area contributed by atoms with Crippen molar-refractivity contribution in [3.05, 3.63) is 18.2 Å². The molecule has 1 aliphatic heterocycles. The monoisotopic (exact) mass is 263 g/mol. The first kappa shape index (κ1) is 13.4. The van der Waals surface area contributed by atoms with Crippen LogP contribution in [0.25, 0.3) is 0 Å². The fourth-order valence-corrected chi connectivity index (χ4v) is 1.80. The maximum Gasteiger partial charge on any atom is 0.262 e. The fraction of sp³-hybridized carbons (Fsp3) is 0.385. The smallest absolute Gasteiger partial charge is 0.262 e. The zero-order valence-corrected chi connectivity index (χ0v) is 10.8. The number of ether oxygens (including phenoxy) is 1. The summed E-state index contributed by atoms with van der Waals surface area (Å²) >= 11 is 0. The Bertz CT molecular complexity index is 488. The van der Waals surface area contributed by atoms with E-state index in [1.165, 1.54) is 0 Å². The second-order valence-electron chi connectivity index (χ2n) is 4.30. The van der Waals surface area contributed by atoms with E-state index in [-0.39, 0.29) is 18.4 Å². The predicted octanol–water partition coefficient (Wildman–Crippen LogP) is 0.956. The Morgan fingerprint density at radius 1 is 1.47 bits per heavy atom. The highest BCUT2D eigenvalue weighted by Crippen LogP contribution is 2.30. The Hall–Kier alpha value is -2.08. The van der Waals surface area contributed by atoms with Gasteiger partial charge < -0.3 is 20.7 Å². The van der Waals surface area contributed by atoms with Crippen molar-refractivity contribution in [3.8, 4) is 5.75 Å². The van der Waals surface area contributed by atoms with E-state index in [1.54, 1.807) is 18.2 Å². The topological polar surface area (TPSA) is 79.5 Å². The highest BCUT2D eigenvalue weighted by Gasteiger charge is 2.16. The molecule has 19 heavy (non-hydrogen) atoms. The molecule has 0 spiro atoms. The summed E-state index contributed by atoms with van der Waals surface area (Å²) in [7, 11) is 1.85. The van der Waals surface area contributed by atoms with Gasteiger partial charge in [-0.25, -0.2) is 0 Å². The third-order valence-electron chi connectivity index (χ3n) is 2.73. The second-order valence-corrected chi connectivity index (χ2v) is 4.30. The number of nitrogens with one attached hydrogen (secondary N) is 3. The molecular formula is C13H17N3O3. The molecule has 6 heteroatoms. The first-order chi connectivity index (χ1) is 9.19. The van der Waals surface area contributed by atoms with E-state index in [2.05, 4.69) is 16.0 Å². The molecule has 0 aliphatic carbocycles. The van der Waals surface area contributed by atoms with E-state index in [0.29, 0.717) is 23.5 Å². The lowest BCUT2D eigenvalue weighted by Crippen LogP contribution is -2.25. The zero-order valence-electron chi connectivity index (χ0n) is 10.8. The number of carbonyl (C=O) groups is 2. The van der Waals surface area contributed by atoms with Gasteiger partial charge in [0.25, 0.3) is 5.91 Å². The van der Waals surface area contributed by atoms with Crippen molar-refractivity contribution >= 4 is 23.2 Å². The molecular weight excluding hydrogens is 246 g/mol. The van der Waals surface area contributed by atoms with Gasteiger partial charge in [0.15, 0.2) is 6.61 Å². The van der Waals surface area contributed by atoms with Crippen LogP contribution in [-0.2, 0) is 9.59 Å². The molecule has 0 bridgehead atoms. The number of fused-ring (bicyclic) bond motifs is 1. The molecule has 1 heterocycles. The van der Waals surface area contributed by atoms with Crippen LogP contribution in [0.1, 0.15) is 12.8 Å². The normalized spacial score (nSPS) is 13.2. The molecule has 0 radical (unpaired) electrons. The van der Waals surface area contributed by atoms with Gasteiger partial charge in [-0.2, -0.15) is 0 Å². The van der Waals surface area contributed by atoms with Crippen molar-refractivity contribution in [1.82, 2.24) is 5.32 Å².